The van der Waals surface area contributed by atoms with Crippen molar-refractivity contribution in [2.45, 2.75) is 19.4 Å². The number of nitrogens with zero attached hydrogens (tertiary/aromatic N) is 1. The average molecular weight is 304 g/mol. The maximum atomic E-state index is 8.34. The Morgan fingerprint density at radius 1 is 0.955 bits per heavy atom. The molecule has 2 aromatic rings. The molecule has 0 unspecified atom stereocenters. The van der Waals surface area contributed by atoms with E-state index in [1.165, 1.54) is 16.7 Å². The van der Waals surface area contributed by atoms with E-state index in [0.29, 0.717) is 0 Å². The summed E-state index contributed by atoms with van der Waals surface area (Å²) >= 11 is 0. The van der Waals surface area contributed by atoms with Gasteiger partial charge in [-0.25, -0.2) is 0 Å². The van der Waals surface area contributed by atoms with E-state index < -0.39 is 25.4 Å². The van der Waals surface area contributed by atoms with Gasteiger partial charge >= 0.3 is 0 Å². The van der Waals surface area contributed by atoms with E-state index in [1.807, 2.05) is 24.4 Å². The van der Waals surface area contributed by atoms with Crippen molar-refractivity contribution in [3.63, 3.8) is 0 Å². The lowest BCUT2D eigenvalue weighted by Gasteiger charge is -2.20. The Balaban J connectivity index is 0.000000261. The van der Waals surface area contributed by atoms with Crippen molar-refractivity contribution in [3.05, 3.63) is 53.7 Å². The molecular formula is C17H24N2O3. The maximum Gasteiger partial charge on any atom is 0.0856 e. The van der Waals surface area contributed by atoms with Gasteiger partial charge in [-0.05, 0) is 31.0 Å². The zero-order chi connectivity index (χ0) is 16.6. The normalized spacial score (nSPS) is 10.8. The van der Waals surface area contributed by atoms with E-state index in [2.05, 4.69) is 37.0 Å². The molecule has 0 aliphatic heterocycles. The lowest BCUT2D eigenvalue weighted by Crippen LogP contribution is -2.50. The molecule has 0 saturated carbocycles. The first-order valence-corrected chi connectivity index (χ1v) is 7.06. The van der Waals surface area contributed by atoms with Crippen LogP contribution >= 0.6 is 0 Å². The molecule has 5 heteroatoms. The zero-order valence-corrected chi connectivity index (χ0v) is 13.0. The molecular weight excluding hydrogens is 280 g/mol. The van der Waals surface area contributed by atoms with Crippen molar-refractivity contribution in [1.29, 1.82) is 0 Å². The van der Waals surface area contributed by atoms with Gasteiger partial charge in [0.15, 0.2) is 0 Å². The van der Waals surface area contributed by atoms with Crippen LogP contribution in [0.1, 0.15) is 11.1 Å². The second-order valence-electron chi connectivity index (χ2n) is 5.36. The van der Waals surface area contributed by atoms with Crippen molar-refractivity contribution < 1.29 is 15.3 Å². The number of hydrogen-bond donors (Lipinski definition) is 4. The summed E-state index contributed by atoms with van der Waals surface area (Å²) in [5.41, 5.74) is 8.69. The van der Waals surface area contributed by atoms with E-state index in [4.69, 9.17) is 21.1 Å². The van der Waals surface area contributed by atoms with Gasteiger partial charge in [-0.15, -0.1) is 0 Å². The standard InChI is InChI=1S/C13H13N.C4H11NO3/c1-10-8-13(14-9-11(10)2)12-6-4-3-5-7-12;5-4(1-6,2-7)3-8/h3-9H,1-2H3;6-8H,1-3,5H2. The number of hydrogen-bond acceptors (Lipinski definition) is 5. The second-order valence-corrected chi connectivity index (χ2v) is 5.36. The molecule has 5 N–H and O–H groups in total. The molecule has 0 aliphatic rings. The Morgan fingerprint density at radius 3 is 1.91 bits per heavy atom. The molecule has 1 heterocycles. The van der Waals surface area contributed by atoms with Gasteiger partial charge in [0.05, 0.1) is 31.1 Å². The summed E-state index contributed by atoms with van der Waals surface area (Å²) < 4.78 is 0. The van der Waals surface area contributed by atoms with Crippen molar-refractivity contribution >= 4 is 0 Å². The SMILES string of the molecule is Cc1cnc(-c2ccccc2)cc1C.NC(CO)(CO)CO. The van der Waals surface area contributed by atoms with Crippen LogP contribution in [0.15, 0.2) is 42.6 Å². The summed E-state index contributed by atoms with van der Waals surface area (Å²) in [5, 5.41) is 25.0. The highest BCUT2D eigenvalue weighted by molar-refractivity contribution is 5.59. The third-order valence-corrected chi connectivity index (χ3v) is 3.39. The summed E-state index contributed by atoms with van der Waals surface area (Å²) in [6.45, 7) is 2.99. The number of nitrogens with two attached hydrogens (primary N) is 1. The molecule has 22 heavy (non-hydrogen) atoms. The fraction of sp³-hybridized carbons (Fsp3) is 0.353. The number of aliphatic hydroxyl groups is 3. The van der Waals surface area contributed by atoms with E-state index in [-0.39, 0.29) is 0 Å². The molecule has 120 valence electrons. The van der Waals surface area contributed by atoms with Gasteiger partial charge in [0.25, 0.3) is 0 Å². The maximum absolute atomic E-state index is 8.34. The van der Waals surface area contributed by atoms with Gasteiger partial charge in [-0.3, -0.25) is 4.98 Å². The van der Waals surface area contributed by atoms with Crippen LogP contribution in [-0.2, 0) is 0 Å². The molecule has 2 rings (SSSR count). The fourth-order valence-corrected chi connectivity index (χ4v) is 1.54. The van der Waals surface area contributed by atoms with Gasteiger partial charge in [0.1, 0.15) is 0 Å². The van der Waals surface area contributed by atoms with Crippen LogP contribution in [0, 0.1) is 13.8 Å². The van der Waals surface area contributed by atoms with Crippen LogP contribution in [0.3, 0.4) is 0 Å². The van der Waals surface area contributed by atoms with Gasteiger partial charge in [0.2, 0.25) is 0 Å². The number of aryl methyl sites for hydroxylation is 2. The first kappa shape index (κ1) is 18.3. The smallest absolute Gasteiger partial charge is 0.0856 e. The van der Waals surface area contributed by atoms with Crippen LogP contribution in [0.25, 0.3) is 11.3 Å². The molecule has 1 aromatic heterocycles. The minimum Gasteiger partial charge on any atom is -0.394 e. The minimum absolute atomic E-state index is 0.403. The van der Waals surface area contributed by atoms with Crippen molar-refractivity contribution in [1.82, 2.24) is 4.98 Å². The molecule has 0 spiro atoms. The van der Waals surface area contributed by atoms with Crippen LogP contribution in [0.2, 0.25) is 0 Å². The number of pyridine rings is 1. The molecule has 1 aromatic carbocycles. The monoisotopic (exact) mass is 304 g/mol. The highest BCUT2D eigenvalue weighted by atomic mass is 16.3. The fourth-order valence-electron chi connectivity index (χ4n) is 1.54. The quantitative estimate of drug-likeness (QED) is 0.676. The van der Waals surface area contributed by atoms with Crippen LogP contribution in [-0.4, -0.2) is 45.7 Å². The van der Waals surface area contributed by atoms with E-state index in [1.54, 1.807) is 0 Å². The van der Waals surface area contributed by atoms with Gasteiger partial charge in [-0.1, -0.05) is 30.3 Å². The predicted octanol–water partition coefficient (Wildman–Crippen LogP) is 1.03. The summed E-state index contributed by atoms with van der Waals surface area (Å²) in [7, 11) is 0. The number of aliphatic hydroxyl groups excluding tert-OH is 3. The number of benzene rings is 1. The Morgan fingerprint density at radius 2 is 1.50 bits per heavy atom. The molecule has 0 saturated heterocycles. The lowest BCUT2D eigenvalue weighted by molar-refractivity contribution is 0.0698. The number of rotatable bonds is 4. The largest absolute Gasteiger partial charge is 0.394 e. The Labute approximate surface area is 131 Å². The van der Waals surface area contributed by atoms with Crippen LogP contribution < -0.4 is 5.73 Å². The zero-order valence-electron chi connectivity index (χ0n) is 13.0. The van der Waals surface area contributed by atoms with E-state index in [9.17, 15) is 0 Å². The Kier molecular flexibility index (Phi) is 7.14. The van der Waals surface area contributed by atoms with E-state index in [0.717, 1.165) is 5.69 Å². The summed E-state index contributed by atoms with van der Waals surface area (Å²) in [6.07, 6.45) is 1.93. The number of aromatic nitrogens is 1. The van der Waals surface area contributed by atoms with E-state index >= 15 is 0 Å². The highest BCUT2D eigenvalue weighted by Gasteiger charge is 2.20. The topological polar surface area (TPSA) is 99.6 Å². The first-order valence-electron chi connectivity index (χ1n) is 7.06. The second kappa shape index (κ2) is 8.60. The molecule has 0 aliphatic carbocycles. The van der Waals surface area contributed by atoms with Crippen molar-refractivity contribution in [2.75, 3.05) is 19.8 Å². The highest BCUT2D eigenvalue weighted by Crippen LogP contribution is 2.18. The Bertz CT molecular complexity index is 561. The Hall–Kier alpha value is -1.79. The van der Waals surface area contributed by atoms with Crippen molar-refractivity contribution in [2.24, 2.45) is 5.73 Å². The molecule has 0 bridgehead atoms. The van der Waals surface area contributed by atoms with Crippen molar-refractivity contribution in [3.8, 4) is 11.3 Å². The van der Waals surface area contributed by atoms with Gasteiger partial charge < -0.3 is 21.1 Å². The molecule has 0 atom stereocenters. The predicted molar refractivity (Wildman–Crippen MR) is 87.3 cm³/mol. The molecule has 0 amide bonds. The molecule has 0 fully saturated rings. The third-order valence-electron chi connectivity index (χ3n) is 3.39. The molecule has 0 radical (unpaired) electrons. The minimum atomic E-state index is -1.21. The van der Waals surface area contributed by atoms with Crippen LogP contribution in [0.5, 0.6) is 0 Å². The average Bonchev–Trinajstić information content (AvgIpc) is 2.58. The molecule has 5 nitrogen and oxygen atoms in total. The summed E-state index contributed by atoms with van der Waals surface area (Å²) in [5.74, 6) is 0. The summed E-state index contributed by atoms with van der Waals surface area (Å²) in [6, 6.07) is 12.4. The summed E-state index contributed by atoms with van der Waals surface area (Å²) in [4.78, 5) is 4.41. The van der Waals surface area contributed by atoms with Gasteiger partial charge in [0, 0.05) is 11.8 Å². The van der Waals surface area contributed by atoms with Gasteiger partial charge in [-0.2, -0.15) is 0 Å². The first-order chi connectivity index (χ1) is 10.5. The van der Waals surface area contributed by atoms with Crippen LogP contribution in [0.4, 0.5) is 0 Å². The third kappa shape index (κ3) is 5.20. The lowest BCUT2D eigenvalue weighted by atomic mass is 10.1.